The van der Waals surface area contributed by atoms with Crippen LogP contribution in [0.3, 0.4) is 0 Å². The van der Waals surface area contributed by atoms with Crippen LogP contribution in [0.5, 0.6) is 0 Å². The number of sulfonamides is 1. The van der Waals surface area contributed by atoms with E-state index in [1.807, 2.05) is 0 Å². The molecule has 3 N–H and O–H groups in total. The van der Waals surface area contributed by atoms with E-state index in [2.05, 4.69) is 10.0 Å². The van der Waals surface area contributed by atoms with Crippen molar-refractivity contribution in [3.63, 3.8) is 0 Å². The van der Waals surface area contributed by atoms with Crippen LogP contribution >= 0.6 is 0 Å². The Balaban J connectivity index is 2.31. The van der Waals surface area contributed by atoms with Gasteiger partial charge in [0.25, 0.3) is 11.8 Å². The molecule has 1 aromatic carbocycles. The zero-order valence-electron chi connectivity index (χ0n) is 12.4. The molecule has 0 aromatic heterocycles. The fourth-order valence-corrected chi connectivity index (χ4v) is 3.33. The maximum Gasteiger partial charge on any atom is 0.277 e. The van der Waals surface area contributed by atoms with Gasteiger partial charge in [-0.05, 0) is 12.1 Å². The topological polar surface area (TPSA) is 116 Å². The predicted molar refractivity (Wildman–Crippen MR) is 82.8 cm³/mol. The number of β-amino-alcohol motifs (C(OH)–C–C–N with tert-alkyl or cyclic N) is 1. The van der Waals surface area contributed by atoms with E-state index in [9.17, 15) is 18.0 Å². The van der Waals surface area contributed by atoms with Gasteiger partial charge in [0, 0.05) is 12.6 Å². The summed E-state index contributed by atoms with van der Waals surface area (Å²) in [6, 6.07) is 6.06. The van der Waals surface area contributed by atoms with Gasteiger partial charge in [-0.1, -0.05) is 19.1 Å². The SMILES string of the molecule is CCNS(=O)(=O)c1ccccc1NC1=CC(=O)N(CCO)C1=O. The summed E-state index contributed by atoms with van der Waals surface area (Å²) in [6.45, 7) is 1.42. The van der Waals surface area contributed by atoms with Crippen molar-refractivity contribution < 1.29 is 23.1 Å². The number of para-hydroxylation sites is 1. The summed E-state index contributed by atoms with van der Waals surface area (Å²) in [7, 11) is -3.73. The molecule has 0 bridgehead atoms. The van der Waals surface area contributed by atoms with Crippen molar-refractivity contribution in [1.29, 1.82) is 0 Å². The Labute approximate surface area is 133 Å². The molecule has 0 fully saturated rings. The van der Waals surface area contributed by atoms with E-state index in [-0.39, 0.29) is 36.0 Å². The maximum atomic E-state index is 12.2. The molecule has 1 aliphatic rings. The Morgan fingerprint density at radius 3 is 2.57 bits per heavy atom. The average molecular weight is 339 g/mol. The highest BCUT2D eigenvalue weighted by molar-refractivity contribution is 7.89. The second kappa shape index (κ2) is 6.90. The van der Waals surface area contributed by atoms with Gasteiger partial charge in [0.1, 0.15) is 10.6 Å². The molecule has 0 unspecified atom stereocenters. The summed E-state index contributed by atoms with van der Waals surface area (Å²) in [4.78, 5) is 24.7. The van der Waals surface area contributed by atoms with Gasteiger partial charge >= 0.3 is 0 Å². The van der Waals surface area contributed by atoms with E-state index in [0.29, 0.717) is 0 Å². The molecule has 0 aliphatic carbocycles. The van der Waals surface area contributed by atoms with Crippen LogP contribution in [0.25, 0.3) is 0 Å². The first-order valence-electron chi connectivity index (χ1n) is 6.94. The third-order valence-electron chi connectivity index (χ3n) is 3.11. The minimum absolute atomic E-state index is 0.0244. The van der Waals surface area contributed by atoms with Crippen molar-refractivity contribution in [3.8, 4) is 0 Å². The predicted octanol–water partition coefficient (Wildman–Crippen LogP) is -0.358. The molecule has 2 amide bonds. The number of aliphatic hydroxyl groups excluding tert-OH is 1. The van der Waals surface area contributed by atoms with Crippen LogP contribution in [0.4, 0.5) is 5.69 Å². The number of carbonyl (C=O) groups excluding carboxylic acids is 2. The van der Waals surface area contributed by atoms with Crippen molar-refractivity contribution in [3.05, 3.63) is 36.0 Å². The van der Waals surface area contributed by atoms with Crippen molar-refractivity contribution in [1.82, 2.24) is 9.62 Å². The van der Waals surface area contributed by atoms with Gasteiger partial charge in [-0.15, -0.1) is 0 Å². The minimum Gasteiger partial charge on any atom is -0.395 e. The van der Waals surface area contributed by atoms with Crippen molar-refractivity contribution >= 4 is 27.5 Å². The monoisotopic (exact) mass is 339 g/mol. The Bertz CT molecular complexity index is 757. The molecule has 0 atom stereocenters. The molecule has 0 radical (unpaired) electrons. The number of aliphatic hydroxyl groups is 1. The second-order valence-corrected chi connectivity index (χ2v) is 6.43. The quantitative estimate of drug-likeness (QED) is 0.584. The number of carbonyl (C=O) groups is 2. The Kier molecular flexibility index (Phi) is 5.14. The van der Waals surface area contributed by atoms with Crippen LogP contribution in [0.2, 0.25) is 0 Å². The van der Waals surface area contributed by atoms with Gasteiger partial charge in [-0.25, -0.2) is 13.1 Å². The lowest BCUT2D eigenvalue weighted by molar-refractivity contribution is -0.137. The number of hydrogen-bond donors (Lipinski definition) is 3. The van der Waals surface area contributed by atoms with Gasteiger partial charge in [0.05, 0.1) is 18.8 Å². The number of nitrogens with one attached hydrogen (secondary N) is 2. The summed E-state index contributed by atoms with van der Waals surface area (Å²) in [5, 5.41) is 11.6. The highest BCUT2D eigenvalue weighted by Gasteiger charge is 2.31. The van der Waals surface area contributed by atoms with Crippen LogP contribution in [0.15, 0.2) is 40.9 Å². The lowest BCUT2D eigenvalue weighted by Gasteiger charge is -2.15. The van der Waals surface area contributed by atoms with Gasteiger partial charge in [0.2, 0.25) is 10.0 Å². The molecule has 0 saturated carbocycles. The lowest BCUT2D eigenvalue weighted by atomic mass is 10.3. The zero-order chi connectivity index (χ0) is 17.0. The minimum atomic E-state index is -3.73. The molecule has 0 spiro atoms. The van der Waals surface area contributed by atoms with Crippen LogP contribution in [0.1, 0.15) is 6.92 Å². The Morgan fingerprint density at radius 1 is 1.22 bits per heavy atom. The van der Waals surface area contributed by atoms with Gasteiger partial charge in [0.15, 0.2) is 0 Å². The molecule has 1 aromatic rings. The fourth-order valence-electron chi connectivity index (χ4n) is 2.13. The molecule has 8 nitrogen and oxygen atoms in total. The highest BCUT2D eigenvalue weighted by atomic mass is 32.2. The third kappa shape index (κ3) is 3.58. The largest absolute Gasteiger partial charge is 0.395 e. The molecular weight excluding hydrogens is 322 g/mol. The first kappa shape index (κ1) is 17.1. The van der Waals surface area contributed by atoms with Crippen LogP contribution in [-0.2, 0) is 19.6 Å². The maximum absolute atomic E-state index is 12.2. The van der Waals surface area contributed by atoms with Crippen molar-refractivity contribution in [2.75, 3.05) is 25.0 Å². The number of hydrogen-bond acceptors (Lipinski definition) is 6. The average Bonchev–Trinajstić information content (AvgIpc) is 2.76. The number of anilines is 1. The molecule has 1 aliphatic heterocycles. The van der Waals surface area contributed by atoms with Gasteiger partial charge in [-0.2, -0.15) is 0 Å². The lowest BCUT2D eigenvalue weighted by Crippen LogP contribution is -2.34. The van der Waals surface area contributed by atoms with Crippen molar-refractivity contribution in [2.45, 2.75) is 11.8 Å². The summed E-state index contributed by atoms with van der Waals surface area (Å²) in [5.41, 5.74) is 0.147. The smallest absolute Gasteiger partial charge is 0.277 e. The van der Waals surface area contributed by atoms with E-state index in [0.717, 1.165) is 11.0 Å². The Hall–Kier alpha value is -2.23. The first-order chi connectivity index (χ1) is 10.9. The van der Waals surface area contributed by atoms with Gasteiger partial charge in [-0.3, -0.25) is 14.5 Å². The number of imide groups is 1. The summed E-state index contributed by atoms with van der Waals surface area (Å²) in [6.07, 6.45) is 1.08. The standard InChI is InChI=1S/C14H17N3O5S/c1-2-15-23(21,22)12-6-4-3-5-10(12)16-11-9-13(19)17(7-8-18)14(11)20/h3-6,9,15-16,18H,2,7-8H2,1H3. The first-order valence-corrected chi connectivity index (χ1v) is 8.43. The molecular formula is C14H17N3O5S. The number of amides is 2. The molecule has 1 heterocycles. The van der Waals surface area contributed by atoms with E-state index in [1.54, 1.807) is 19.1 Å². The van der Waals surface area contributed by atoms with E-state index >= 15 is 0 Å². The number of benzene rings is 1. The fraction of sp³-hybridized carbons (Fsp3) is 0.286. The van der Waals surface area contributed by atoms with Crippen LogP contribution in [-0.4, -0.2) is 49.9 Å². The number of nitrogens with zero attached hydrogens (tertiary/aromatic N) is 1. The summed E-state index contributed by atoms with van der Waals surface area (Å²) >= 11 is 0. The zero-order valence-corrected chi connectivity index (χ0v) is 13.3. The molecule has 124 valence electrons. The number of rotatable bonds is 7. The van der Waals surface area contributed by atoms with Crippen LogP contribution < -0.4 is 10.0 Å². The normalized spacial score (nSPS) is 15.0. The van der Waals surface area contributed by atoms with E-state index in [4.69, 9.17) is 5.11 Å². The molecule has 0 saturated heterocycles. The van der Waals surface area contributed by atoms with E-state index in [1.165, 1.54) is 12.1 Å². The van der Waals surface area contributed by atoms with Crippen molar-refractivity contribution in [2.24, 2.45) is 0 Å². The second-order valence-electron chi connectivity index (χ2n) is 4.70. The summed E-state index contributed by atoms with van der Waals surface area (Å²) in [5.74, 6) is -1.17. The molecule has 23 heavy (non-hydrogen) atoms. The highest BCUT2D eigenvalue weighted by Crippen LogP contribution is 2.24. The van der Waals surface area contributed by atoms with E-state index < -0.39 is 21.8 Å². The Morgan fingerprint density at radius 2 is 1.91 bits per heavy atom. The molecule has 9 heteroatoms. The molecule has 2 rings (SSSR count). The van der Waals surface area contributed by atoms with Gasteiger partial charge < -0.3 is 10.4 Å². The van der Waals surface area contributed by atoms with Crippen LogP contribution in [0, 0.1) is 0 Å². The third-order valence-corrected chi connectivity index (χ3v) is 4.72. The summed E-state index contributed by atoms with van der Waals surface area (Å²) < 4.78 is 26.7.